The van der Waals surface area contributed by atoms with Crippen molar-refractivity contribution in [1.82, 2.24) is 14.8 Å². The predicted octanol–water partition coefficient (Wildman–Crippen LogP) is 7.18. The minimum Gasteiger partial charge on any atom is -0.488 e. The van der Waals surface area contributed by atoms with Crippen molar-refractivity contribution in [3.8, 4) is 17.1 Å². The van der Waals surface area contributed by atoms with Crippen LogP contribution in [0.25, 0.3) is 17.5 Å². The quantitative estimate of drug-likeness (QED) is 0.170. The van der Waals surface area contributed by atoms with Crippen molar-refractivity contribution >= 4 is 51.3 Å². The van der Waals surface area contributed by atoms with Gasteiger partial charge in [-0.3, -0.25) is 0 Å². The summed E-state index contributed by atoms with van der Waals surface area (Å²) in [4.78, 5) is 12.2. The molecule has 0 radical (unpaired) electrons. The van der Waals surface area contributed by atoms with E-state index in [2.05, 4.69) is 26.1 Å². The van der Waals surface area contributed by atoms with Crippen LogP contribution < -0.4 is 4.74 Å². The van der Waals surface area contributed by atoms with E-state index in [-0.39, 0.29) is 4.91 Å². The molecule has 0 fully saturated rings. The number of rotatable bonds is 9. The second-order valence-corrected chi connectivity index (χ2v) is 9.74. The van der Waals surface area contributed by atoms with Gasteiger partial charge in [0.2, 0.25) is 0 Å². The first-order valence-corrected chi connectivity index (χ1v) is 12.7. The number of carboxylic acid groups (broad SMARTS) is 1. The molecular formula is C26H21BrClN3O3S. The highest BCUT2D eigenvalue weighted by Crippen LogP contribution is 2.33. The fourth-order valence-corrected chi connectivity index (χ4v) is 4.83. The van der Waals surface area contributed by atoms with Crippen LogP contribution in [-0.2, 0) is 17.9 Å². The van der Waals surface area contributed by atoms with Gasteiger partial charge in [-0.1, -0.05) is 48.0 Å². The van der Waals surface area contributed by atoms with E-state index in [1.807, 2.05) is 72.2 Å². The van der Waals surface area contributed by atoms with Crippen molar-refractivity contribution < 1.29 is 14.6 Å². The molecular weight excluding hydrogens is 550 g/mol. The number of ether oxygens (including phenoxy) is 1. The van der Waals surface area contributed by atoms with Crippen LogP contribution in [0.4, 0.5) is 0 Å². The number of hydrogen-bond donors (Lipinski definition) is 1. The van der Waals surface area contributed by atoms with E-state index in [1.54, 1.807) is 18.2 Å². The number of hydrogen-bond acceptors (Lipinski definition) is 5. The van der Waals surface area contributed by atoms with Crippen LogP contribution >= 0.6 is 39.3 Å². The summed E-state index contributed by atoms with van der Waals surface area (Å²) in [6, 6.07) is 22.6. The van der Waals surface area contributed by atoms with Crippen LogP contribution in [0.3, 0.4) is 0 Å². The van der Waals surface area contributed by atoms with Crippen LogP contribution in [0, 0.1) is 0 Å². The van der Waals surface area contributed by atoms with E-state index in [9.17, 15) is 9.90 Å². The molecule has 1 heterocycles. The molecule has 0 unspecified atom stereocenters. The molecule has 0 spiro atoms. The van der Waals surface area contributed by atoms with Crippen molar-refractivity contribution in [2.24, 2.45) is 0 Å². The van der Waals surface area contributed by atoms with Crippen molar-refractivity contribution in [1.29, 1.82) is 0 Å². The maximum atomic E-state index is 12.0. The van der Waals surface area contributed by atoms with Crippen molar-refractivity contribution in [3.63, 3.8) is 0 Å². The molecule has 3 aromatic carbocycles. The lowest BCUT2D eigenvalue weighted by molar-refractivity contribution is -0.131. The molecule has 9 heteroatoms. The van der Waals surface area contributed by atoms with Crippen LogP contribution in [0.15, 0.2) is 87.3 Å². The van der Waals surface area contributed by atoms with Gasteiger partial charge in [-0.05, 0) is 88.2 Å². The number of carboxylic acids is 1. The molecule has 0 aliphatic carbocycles. The normalized spacial score (nSPS) is 11.5. The van der Waals surface area contributed by atoms with Gasteiger partial charge in [-0.2, -0.15) is 0 Å². The highest BCUT2D eigenvalue weighted by atomic mass is 79.9. The highest BCUT2D eigenvalue weighted by molar-refractivity contribution is 9.10. The molecule has 6 nitrogen and oxygen atoms in total. The molecule has 4 rings (SSSR count). The molecule has 0 aliphatic rings. The third-order valence-electron chi connectivity index (χ3n) is 5.04. The first-order valence-electron chi connectivity index (χ1n) is 10.7. The van der Waals surface area contributed by atoms with E-state index < -0.39 is 5.97 Å². The summed E-state index contributed by atoms with van der Waals surface area (Å²) in [7, 11) is 0. The van der Waals surface area contributed by atoms with Gasteiger partial charge in [0, 0.05) is 17.1 Å². The van der Waals surface area contributed by atoms with Crippen molar-refractivity contribution in [3.05, 3.63) is 98.3 Å². The molecule has 35 heavy (non-hydrogen) atoms. The third kappa shape index (κ3) is 6.33. The maximum Gasteiger partial charge on any atom is 0.342 e. The minimum absolute atomic E-state index is 0.125. The van der Waals surface area contributed by atoms with Gasteiger partial charge < -0.3 is 14.4 Å². The second kappa shape index (κ2) is 11.6. The lowest BCUT2D eigenvalue weighted by atomic mass is 10.2. The standard InChI is InChI=1S/C26H21BrClN3O3S/c1-2-31-24(19-9-11-20(28)12-10-19)29-30-26(31)35-23(25(32)33)15-18-8-13-22(21(27)14-18)34-16-17-6-4-3-5-7-17/h3-15H,2,16H2,1H3,(H,32,33)/b23-15-. The molecule has 0 saturated heterocycles. The Kier molecular flexibility index (Phi) is 8.28. The average Bonchev–Trinajstić information content (AvgIpc) is 3.26. The topological polar surface area (TPSA) is 77.2 Å². The number of carbonyl (C=O) groups is 1. The predicted molar refractivity (Wildman–Crippen MR) is 143 cm³/mol. The largest absolute Gasteiger partial charge is 0.488 e. The molecule has 4 aromatic rings. The SMILES string of the molecule is CCn1c(S/C(=C\c2ccc(OCc3ccccc3)c(Br)c2)C(=O)O)nnc1-c1ccc(Cl)cc1. The van der Waals surface area contributed by atoms with E-state index in [4.69, 9.17) is 16.3 Å². The summed E-state index contributed by atoms with van der Waals surface area (Å²) >= 11 is 10.6. The third-order valence-corrected chi connectivity index (χ3v) is 6.91. The number of aliphatic carboxylic acids is 1. The Morgan fingerprint density at radius 2 is 1.86 bits per heavy atom. The van der Waals surface area contributed by atoms with E-state index >= 15 is 0 Å². The Bertz CT molecular complexity index is 1360. The zero-order valence-corrected chi connectivity index (χ0v) is 21.8. The number of nitrogens with zero attached hydrogens (tertiary/aromatic N) is 3. The van der Waals surface area contributed by atoms with Gasteiger partial charge in [0.25, 0.3) is 0 Å². The summed E-state index contributed by atoms with van der Waals surface area (Å²) in [5.74, 6) is 0.280. The van der Waals surface area contributed by atoms with Crippen molar-refractivity contribution in [2.45, 2.75) is 25.2 Å². The fourth-order valence-electron chi connectivity index (χ4n) is 3.31. The molecule has 0 bridgehead atoms. The van der Waals surface area contributed by atoms with Crippen LogP contribution in [0.1, 0.15) is 18.1 Å². The smallest absolute Gasteiger partial charge is 0.342 e. The molecule has 0 atom stereocenters. The monoisotopic (exact) mass is 569 g/mol. The van der Waals surface area contributed by atoms with E-state index in [0.29, 0.717) is 40.5 Å². The van der Waals surface area contributed by atoms with Gasteiger partial charge in [-0.15, -0.1) is 10.2 Å². The Morgan fingerprint density at radius 3 is 2.51 bits per heavy atom. The van der Waals surface area contributed by atoms with Crippen molar-refractivity contribution in [2.75, 3.05) is 0 Å². The molecule has 1 N–H and O–H groups in total. The Morgan fingerprint density at radius 1 is 1.11 bits per heavy atom. The molecule has 1 aromatic heterocycles. The first-order chi connectivity index (χ1) is 16.9. The maximum absolute atomic E-state index is 12.0. The number of aromatic nitrogens is 3. The zero-order chi connectivity index (χ0) is 24.8. The summed E-state index contributed by atoms with van der Waals surface area (Å²) in [5.41, 5.74) is 2.63. The fraction of sp³-hybridized carbons (Fsp3) is 0.115. The van der Waals surface area contributed by atoms with Gasteiger partial charge in [0.15, 0.2) is 11.0 Å². The Hall–Kier alpha value is -3.07. The highest BCUT2D eigenvalue weighted by Gasteiger charge is 2.18. The van der Waals surface area contributed by atoms with Crippen LogP contribution in [0.2, 0.25) is 5.02 Å². The summed E-state index contributed by atoms with van der Waals surface area (Å²) in [6.45, 7) is 2.98. The van der Waals surface area contributed by atoms with Crippen LogP contribution in [-0.4, -0.2) is 25.8 Å². The molecule has 0 amide bonds. The summed E-state index contributed by atoms with van der Waals surface area (Å²) < 4.78 is 8.50. The van der Waals surface area contributed by atoms with E-state index in [0.717, 1.165) is 27.4 Å². The molecule has 0 aliphatic heterocycles. The first kappa shape index (κ1) is 25.0. The summed E-state index contributed by atoms with van der Waals surface area (Å²) in [5, 5.41) is 19.5. The van der Waals surface area contributed by atoms with Gasteiger partial charge in [0.1, 0.15) is 17.3 Å². The summed E-state index contributed by atoms with van der Waals surface area (Å²) in [6.07, 6.45) is 1.61. The van der Waals surface area contributed by atoms with E-state index in [1.165, 1.54) is 0 Å². The number of benzene rings is 3. The van der Waals surface area contributed by atoms with Gasteiger partial charge >= 0.3 is 5.97 Å². The van der Waals surface area contributed by atoms with Crippen LogP contribution in [0.5, 0.6) is 5.75 Å². The van der Waals surface area contributed by atoms with Gasteiger partial charge in [0.05, 0.1) is 4.47 Å². The minimum atomic E-state index is -1.05. The Balaban J connectivity index is 1.54. The average molecular weight is 571 g/mol. The molecule has 178 valence electrons. The second-order valence-electron chi connectivity index (χ2n) is 7.44. The zero-order valence-electron chi connectivity index (χ0n) is 18.7. The Labute approximate surface area is 220 Å². The number of thioether (sulfide) groups is 1. The lowest BCUT2D eigenvalue weighted by Crippen LogP contribution is -2.02. The molecule has 0 saturated carbocycles. The van der Waals surface area contributed by atoms with Gasteiger partial charge in [-0.25, -0.2) is 4.79 Å². The number of halogens is 2. The lowest BCUT2D eigenvalue weighted by Gasteiger charge is -2.10.